The molecule has 0 atom stereocenters. The van der Waals surface area contributed by atoms with Crippen LogP contribution in [-0.2, 0) is 4.57 Å². The lowest BCUT2D eigenvalue weighted by Crippen LogP contribution is -2.17. The fourth-order valence-corrected chi connectivity index (χ4v) is 4.63. The number of carboxylic acids is 1. The third-order valence-electron chi connectivity index (χ3n) is 6.05. The molecule has 2 aromatic carbocycles. The zero-order chi connectivity index (χ0) is 36.0. The Kier molecular flexibility index (Phi) is 11.8. The molecule has 2 N–H and O–H groups in total. The van der Waals surface area contributed by atoms with E-state index in [1.54, 1.807) is 30.5 Å². The Hall–Kier alpha value is -4.83. The van der Waals surface area contributed by atoms with Crippen molar-refractivity contribution in [1.82, 2.24) is 29.9 Å². The number of H-pyrrole nitrogens is 1. The van der Waals surface area contributed by atoms with Gasteiger partial charge in [-0.2, -0.15) is 4.98 Å². The van der Waals surface area contributed by atoms with Crippen LogP contribution >= 0.6 is 62.1 Å². The van der Waals surface area contributed by atoms with E-state index in [0.717, 1.165) is 0 Å². The second-order valence-corrected chi connectivity index (χ2v) is 16.5. The molecule has 0 bridgehead atoms. The van der Waals surface area contributed by atoms with Crippen molar-refractivity contribution in [2.75, 3.05) is 0 Å². The van der Waals surface area contributed by atoms with Gasteiger partial charge in [-0.15, -0.1) is 0 Å². The first-order chi connectivity index (χ1) is 23.0. The van der Waals surface area contributed by atoms with Crippen LogP contribution in [0.3, 0.4) is 0 Å². The van der Waals surface area contributed by atoms with E-state index in [1.807, 2.05) is 0 Å². The Labute approximate surface area is 296 Å². The second kappa shape index (κ2) is 15.6. The van der Waals surface area contributed by atoms with E-state index in [0.29, 0.717) is 27.7 Å². The number of rotatable bonds is 5. The molecule has 16 nitrogen and oxygen atoms in total. The number of hydrogen-bond acceptors (Lipinski definition) is 12. The quantitative estimate of drug-likeness (QED) is 0.0550. The Balaban J connectivity index is 0.000000195. The maximum absolute atomic E-state index is 11.6. The number of carbonyl (C=O) groups is 1. The van der Waals surface area contributed by atoms with E-state index < -0.39 is 26.7 Å². The largest absolute Gasteiger partial charge is 0.477 e. The van der Waals surface area contributed by atoms with Gasteiger partial charge < -0.3 is 5.11 Å². The smallest absolute Gasteiger partial charge is 0.353 e. The summed E-state index contributed by atoms with van der Waals surface area (Å²) < 4.78 is 9.51. The molecule has 6 aromatic rings. The number of halogens is 5. The number of nitrogens with one attached hydrogen (secondary N) is 1. The molecule has 0 saturated heterocycles. The topological polar surface area (TPSA) is 238 Å². The Morgan fingerprint density at radius 3 is 1.71 bits per heavy atom. The molecule has 6 rings (SSSR count). The summed E-state index contributed by atoms with van der Waals surface area (Å²) in [5.74, 6) is -1.31. The lowest BCUT2D eigenvalue weighted by Gasteiger charge is -2.06. The molecule has 0 aliphatic carbocycles. The van der Waals surface area contributed by atoms with Crippen LogP contribution in [0.25, 0.3) is 44.3 Å². The SMILES string of the molecule is O=C(O)c1[nH]c(=O)nc2c(-c3cccc([N+](=O)[O-])c3)nccc12.O=P(Cl)(Cl)Cl.O=[N+]([O-])c1cccc(-c2nccc3c(Cl)nc(Cl)nc23)c1. The number of non-ortho nitro benzene ring substituents is 2. The molecule has 4 heterocycles. The first-order valence-electron chi connectivity index (χ1n) is 12.8. The van der Waals surface area contributed by atoms with Crippen molar-refractivity contribution in [3.63, 3.8) is 0 Å². The van der Waals surface area contributed by atoms with Crippen molar-refractivity contribution >= 4 is 101 Å². The molecule has 22 heteroatoms. The van der Waals surface area contributed by atoms with Crippen LogP contribution in [0.5, 0.6) is 0 Å². The van der Waals surface area contributed by atoms with E-state index in [9.17, 15) is 39.5 Å². The van der Waals surface area contributed by atoms with Gasteiger partial charge in [0.15, 0.2) is 0 Å². The molecule has 49 heavy (non-hydrogen) atoms. The summed E-state index contributed by atoms with van der Waals surface area (Å²) >= 11 is 25.7. The van der Waals surface area contributed by atoms with Crippen LogP contribution in [0.4, 0.5) is 11.4 Å². The summed E-state index contributed by atoms with van der Waals surface area (Å²) in [6.45, 7) is 0. The fraction of sp³-hybridized carbons (Fsp3) is 0. The van der Waals surface area contributed by atoms with E-state index >= 15 is 0 Å². The predicted molar refractivity (Wildman–Crippen MR) is 184 cm³/mol. The van der Waals surface area contributed by atoms with Crippen molar-refractivity contribution in [3.8, 4) is 22.5 Å². The summed E-state index contributed by atoms with van der Waals surface area (Å²) in [5.41, 5.74) is 0.755. The molecule has 0 aliphatic heterocycles. The number of benzene rings is 2. The number of aromatic amines is 1. The number of fused-ring (bicyclic) bond motifs is 2. The van der Waals surface area contributed by atoms with Crippen molar-refractivity contribution in [3.05, 3.63) is 120 Å². The number of pyridine rings is 2. The highest BCUT2D eigenvalue weighted by molar-refractivity contribution is 8.24. The minimum absolute atomic E-state index is 0.00724. The van der Waals surface area contributed by atoms with Gasteiger partial charge in [-0.25, -0.2) is 19.6 Å². The standard InChI is InChI=1S/C14H8N4O5.C13H6Cl2N4O2.Cl3OP/c19-13(20)12-9-4-5-15-10(11(9)16-14(21)17-12)7-2-1-3-8(6-7)18(22)23;14-12-9-4-5-16-10(11(9)17-13(15)18-12)7-2-1-3-8(6-7)19(20)21;1-5(2,3)4/h1-6H,(H,19,20)(H,16,17,21);1-6H;. The van der Waals surface area contributed by atoms with Crippen LogP contribution < -0.4 is 5.69 Å². The van der Waals surface area contributed by atoms with Crippen molar-refractivity contribution in [1.29, 1.82) is 0 Å². The first kappa shape index (κ1) is 37.0. The van der Waals surface area contributed by atoms with E-state index in [2.05, 4.69) is 63.6 Å². The maximum atomic E-state index is 11.6. The van der Waals surface area contributed by atoms with Gasteiger partial charge in [0.25, 0.3) is 11.4 Å². The molecular weight excluding hydrogens is 773 g/mol. The van der Waals surface area contributed by atoms with E-state index in [1.165, 1.54) is 42.6 Å². The lowest BCUT2D eigenvalue weighted by molar-refractivity contribution is -0.385. The zero-order valence-corrected chi connectivity index (χ0v) is 28.4. The Bertz CT molecular complexity index is 2370. The summed E-state index contributed by atoms with van der Waals surface area (Å²) in [6, 6.07) is 14.8. The lowest BCUT2D eigenvalue weighted by atomic mass is 10.1. The van der Waals surface area contributed by atoms with Crippen molar-refractivity contribution < 1.29 is 24.3 Å². The predicted octanol–water partition coefficient (Wildman–Crippen LogP) is 8.31. The maximum Gasteiger partial charge on any atom is 0.353 e. The summed E-state index contributed by atoms with van der Waals surface area (Å²) in [4.78, 5) is 65.8. The summed E-state index contributed by atoms with van der Waals surface area (Å²) in [6.07, 6.45) is 2.89. The van der Waals surface area contributed by atoms with Crippen molar-refractivity contribution in [2.24, 2.45) is 0 Å². The van der Waals surface area contributed by atoms with Gasteiger partial charge in [0, 0.05) is 58.6 Å². The monoisotopic (exact) mass is 784 g/mol. The molecule has 0 saturated carbocycles. The number of nitro groups is 2. The fourth-order valence-electron chi connectivity index (χ4n) is 4.19. The van der Waals surface area contributed by atoms with Gasteiger partial charge in [-0.05, 0) is 57.5 Å². The van der Waals surface area contributed by atoms with Gasteiger partial charge in [-0.3, -0.25) is 39.7 Å². The van der Waals surface area contributed by atoms with Gasteiger partial charge in [0.05, 0.1) is 21.2 Å². The van der Waals surface area contributed by atoms with Crippen LogP contribution in [0.1, 0.15) is 10.5 Å². The van der Waals surface area contributed by atoms with Gasteiger partial charge in [0.1, 0.15) is 21.9 Å². The Morgan fingerprint density at radius 1 is 0.776 bits per heavy atom. The molecule has 0 unspecified atom stereocenters. The highest BCUT2D eigenvalue weighted by Gasteiger charge is 2.17. The van der Waals surface area contributed by atoms with Gasteiger partial charge in [-0.1, -0.05) is 35.9 Å². The van der Waals surface area contributed by atoms with E-state index in [-0.39, 0.29) is 44.1 Å². The molecule has 0 amide bonds. The van der Waals surface area contributed by atoms with E-state index in [4.69, 9.17) is 23.2 Å². The number of nitro benzene ring substituents is 2. The molecule has 250 valence electrons. The second-order valence-electron chi connectivity index (χ2n) is 9.13. The summed E-state index contributed by atoms with van der Waals surface area (Å²) in [7, 11) is 0. The average Bonchev–Trinajstić information content (AvgIpc) is 3.03. The Morgan fingerprint density at radius 2 is 1.24 bits per heavy atom. The normalized spacial score (nSPS) is 10.8. The number of hydrogen-bond donors (Lipinski definition) is 2. The minimum atomic E-state index is -3.22. The molecule has 0 radical (unpaired) electrons. The third-order valence-corrected chi connectivity index (χ3v) is 6.51. The summed E-state index contributed by atoms with van der Waals surface area (Å²) in [5, 5.41) is 28.7. The third kappa shape index (κ3) is 9.63. The number of aromatic nitrogens is 6. The molecule has 0 spiro atoms. The minimum Gasteiger partial charge on any atom is -0.477 e. The van der Waals surface area contributed by atoms with Gasteiger partial charge >= 0.3 is 16.9 Å². The van der Waals surface area contributed by atoms with Crippen LogP contribution in [0.2, 0.25) is 10.4 Å². The number of aromatic carboxylic acids is 1. The molecular formula is C27H14Cl5N8O8P. The van der Waals surface area contributed by atoms with Crippen LogP contribution in [0, 0.1) is 20.2 Å². The number of carboxylic acid groups (broad SMARTS) is 1. The van der Waals surface area contributed by atoms with Crippen LogP contribution in [-0.4, -0.2) is 50.8 Å². The highest BCUT2D eigenvalue weighted by Crippen LogP contribution is 2.61. The first-order valence-corrected chi connectivity index (χ1v) is 18.0. The van der Waals surface area contributed by atoms with Gasteiger partial charge in [0.2, 0.25) is 5.28 Å². The highest BCUT2D eigenvalue weighted by atomic mass is 36.0. The van der Waals surface area contributed by atoms with Crippen LogP contribution in [0.15, 0.2) is 77.9 Å². The zero-order valence-electron chi connectivity index (χ0n) is 23.7. The molecule has 4 aromatic heterocycles. The number of nitrogens with zero attached hydrogens (tertiary/aromatic N) is 7. The average molecular weight is 787 g/mol. The van der Waals surface area contributed by atoms with Crippen molar-refractivity contribution in [2.45, 2.75) is 0 Å². The molecule has 0 fully saturated rings. The molecule has 0 aliphatic rings.